The maximum atomic E-state index is 4.75. The Morgan fingerprint density at radius 3 is 2.80 bits per heavy atom. The first-order valence-electron chi connectivity index (χ1n) is 7.25. The minimum Gasteiger partial charge on any atom is -0.314 e. The van der Waals surface area contributed by atoms with E-state index < -0.39 is 0 Å². The van der Waals surface area contributed by atoms with Crippen molar-refractivity contribution in [3.05, 3.63) is 30.1 Å². The van der Waals surface area contributed by atoms with Gasteiger partial charge in [-0.3, -0.25) is 0 Å². The Kier molecular flexibility index (Phi) is 5.88. The molecule has 0 atom stereocenters. The molecule has 20 heavy (non-hydrogen) atoms. The van der Waals surface area contributed by atoms with Crippen LogP contribution in [0.15, 0.2) is 29.4 Å². The summed E-state index contributed by atoms with van der Waals surface area (Å²) in [6.07, 6.45) is 2.09. The Hall–Kier alpha value is -1.04. The lowest BCUT2D eigenvalue weighted by Crippen LogP contribution is -2.25. The minimum absolute atomic E-state index is 0.846. The van der Waals surface area contributed by atoms with Crippen LogP contribution < -0.4 is 5.32 Å². The quantitative estimate of drug-likeness (QED) is 0.758. The summed E-state index contributed by atoms with van der Waals surface area (Å²) in [7, 11) is 1.98. The van der Waals surface area contributed by atoms with Gasteiger partial charge in [0.05, 0.1) is 5.69 Å². The highest BCUT2D eigenvalue weighted by atomic mass is 32.2. The van der Waals surface area contributed by atoms with Crippen LogP contribution in [-0.2, 0) is 6.54 Å². The summed E-state index contributed by atoms with van der Waals surface area (Å²) in [6, 6.07) is 6.15. The molecule has 2 heterocycles. The normalized spacial score (nSPS) is 11.6. The summed E-state index contributed by atoms with van der Waals surface area (Å²) in [5.74, 6) is 1.09. The number of nitrogens with zero attached hydrogens (tertiary/aromatic N) is 3. The molecule has 110 valence electrons. The molecule has 0 aliphatic rings. The maximum Gasteiger partial charge on any atom is 0.138 e. The third-order valence-electron chi connectivity index (χ3n) is 3.48. The van der Waals surface area contributed by atoms with Gasteiger partial charge in [-0.05, 0) is 32.3 Å². The van der Waals surface area contributed by atoms with Crippen molar-refractivity contribution in [3.8, 4) is 0 Å². The SMILES string of the molecule is CCN(CC)CCSc1nc2ccccn2c1CNC. The van der Waals surface area contributed by atoms with Gasteiger partial charge >= 0.3 is 0 Å². The van der Waals surface area contributed by atoms with Crippen LogP contribution in [0.3, 0.4) is 0 Å². The van der Waals surface area contributed by atoms with Gasteiger partial charge in [0.2, 0.25) is 0 Å². The van der Waals surface area contributed by atoms with E-state index in [1.807, 2.05) is 24.9 Å². The summed E-state index contributed by atoms with van der Waals surface area (Å²) in [5.41, 5.74) is 2.29. The molecule has 2 aromatic heterocycles. The van der Waals surface area contributed by atoms with Crippen LogP contribution >= 0.6 is 11.8 Å². The maximum absolute atomic E-state index is 4.75. The van der Waals surface area contributed by atoms with Crippen LogP contribution in [0.5, 0.6) is 0 Å². The van der Waals surface area contributed by atoms with Crippen molar-refractivity contribution in [2.45, 2.75) is 25.4 Å². The van der Waals surface area contributed by atoms with E-state index in [2.05, 4.69) is 46.8 Å². The Balaban J connectivity index is 2.10. The van der Waals surface area contributed by atoms with Crippen molar-refractivity contribution in [1.29, 1.82) is 0 Å². The average Bonchev–Trinajstić information content (AvgIpc) is 2.82. The average molecular weight is 292 g/mol. The smallest absolute Gasteiger partial charge is 0.138 e. The molecule has 2 rings (SSSR count). The molecule has 0 unspecified atom stereocenters. The number of rotatable bonds is 8. The monoisotopic (exact) mass is 292 g/mol. The van der Waals surface area contributed by atoms with E-state index in [1.165, 1.54) is 5.69 Å². The number of pyridine rings is 1. The fraction of sp³-hybridized carbons (Fsp3) is 0.533. The second kappa shape index (κ2) is 7.67. The molecule has 0 aliphatic heterocycles. The van der Waals surface area contributed by atoms with Gasteiger partial charge in [-0.2, -0.15) is 0 Å². The van der Waals surface area contributed by atoms with Crippen LogP contribution in [0.1, 0.15) is 19.5 Å². The van der Waals surface area contributed by atoms with Crippen molar-refractivity contribution >= 4 is 17.4 Å². The number of hydrogen-bond acceptors (Lipinski definition) is 4. The lowest BCUT2D eigenvalue weighted by atomic mass is 10.4. The van der Waals surface area contributed by atoms with Gasteiger partial charge in [0, 0.05) is 25.0 Å². The van der Waals surface area contributed by atoms with Crippen LogP contribution in [0.4, 0.5) is 0 Å². The predicted molar refractivity (Wildman–Crippen MR) is 86.5 cm³/mol. The molecule has 0 aliphatic carbocycles. The van der Waals surface area contributed by atoms with Crippen LogP contribution in [0, 0.1) is 0 Å². The number of nitrogens with one attached hydrogen (secondary N) is 1. The summed E-state index contributed by atoms with van der Waals surface area (Å²) >= 11 is 1.86. The van der Waals surface area contributed by atoms with Crippen molar-refractivity contribution < 1.29 is 0 Å². The van der Waals surface area contributed by atoms with Crippen LogP contribution in [0.25, 0.3) is 5.65 Å². The highest BCUT2D eigenvalue weighted by Crippen LogP contribution is 2.23. The van der Waals surface area contributed by atoms with E-state index in [4.69, 9.17) is 4.98 Å². The first kappa shape index (κ1) is 15.4. The third-order valence-corrected chi connectivity index (χ3v) is 4.46. The fourth-order valence-corrected chi connectivity index (χ4v) is 3.32. The van der Waals surface area contributed by atoms with Gasteiger partial charge in [0.15, 0.2) is 0 Å². The van der Waals surface area contributed by atoms with Crippen molar-refractivity contribution in [1.82, 2.24) is 19.6 Å². The van der Waals surface area contributed by atoms with E-state index in [9.17, 15) is 0 Å². The number of imidazole rings is 1. The molecule has 0 saturated carbocycles. The number of aromatic nitrogens is 2. The van der Waals surface area contributed by atoms with Gasteiger partial charge in [-0.15, -0.1) is 11.8 Å². The van der Waals surface area contributed by atoms with E-state index >= 15 is 0 Å². The molecule has 0 fully saturated rings. The lowest BCUT2D eigenvalue weighted by molar-refractivity contribution is 0.324. The molecular weight excluding hydrogens is 268 g/mol. The molecule has 2 aromatic rings. The first-order valence-corrected chi connectivity index (χ1v) is 8.24. The zero-order valence-corrected chi connectivity index (χ0v) is 13.4. The zero-order valence-electron chi connectivity index (χ0n) is 12.6. The minimum atomic E-state index is 0.846. The Labute approximate surface area is 125 Å². The fourth-order valence-electron chi connectivity index (χ4n) is 2.28. The molecule has 0 saturated heterocycles. The standard InChI is InChI=1S/C15H24N4S/c1-4-18(5-2)10-11-20-15-13(12-16-3)19-9-7-6-8-14(19)17-15/h6-9,16H,4-5,10-12H2,1-3H3. The molecular formula is C15H24N4S. The van der Waals surface area contributed by atoms with Crippen molar-refractivity contribution in [3.63, 3.8) is 0 Å². The van der Waals surface area contributed by atoms with Gasteiger partial charge < -0.3 is 14.6 Å². The number of hydrogen-bond donors (Lipinski definition) is 1. The molecule has 4 nitrogen and oxygen atoms in total. The molecule has 0 radical (unpaired) electrons. The lowest BCUT2D eigenvalue weighted by Gasteiger charge is -2.17. The largest absolute Gasteiger partial charge is 0.314 e. The second-order valence-corrected chi connectivity index (χ2v) is 5.78. The van der Waals surface area contributed by atoms with Gasteiger partial charge in [0.25, 0.3) is 0 Å². The van der Waals surface area contributed by atoms with E-state index in [1.54, 1.807) is 0 Å². The molecule has 0 aromatic carbocycles. The molecule has 0 bridgehead atoms. The topological polar surface area (TPSA) is 32.6 Å². The second-order valence-electron chi connectivity index (χ2n) is 4.70. The zero-order chi connectivity index (χ0) is 14.4. The molecule has 0 amide bonds. The highest BCUT2D eigenvalue weighted by Gasteiger charge is 2.11. The summed E-state index contributed by atoms with van der Waals surface area (Å²) in [5, 5.41) is 4.39. The summed E-state index contributed by atoms with van der Waals surface area (Å²) in [4.78, 5) is 7.19. The van der Waals surface area contributed by atoms with Crippen LogP contribution in [0.2, 0.25) is 0 Å². The predicted octanol–water partition coefficient (Wildman–Crippen LogP) is 2.49. The Bertz CT molecular complexity index is 534. The van der Waals surface area contributed by atoms with E-state index in [0.29, 0.717) is 0 Å². The van der Waals surface area contributed by atoms with Gasteiger partial charge in [-0.1, -0.05) is 19.9 Å². The molecule has 1 N–H and O–H groups in total. The first-order chi connectivity index (χ1) is 9.80. The molecule has 5 heteroatoms. The number of fused-ring (bicyclic) bond motifs is 1. The van der Waals surface area contributed by atoms with E-state index in [0.717, 1.165) is 42.6 Å². The Morgan fingerprint density at radius 1 is 1.30 bits per heavy atom. The summed E-state index contributed by atoms with van der Waals surface area (Å²) in [6.45, 7) is 8.62. The van der Waals surface area contributed by atoms with Crippen molar-refractivity contribution in [2.75, 3.05) is 32.4 Å². The van der Waals surface area contributed by atoms with Gasteiger partial charge in [-0.25, -0.2) is 4.98 Å². The van der Waals surface area contributed by atoms with Crippen molar-refractivity contribution in [2.24, 2.45) is 0 Å². The number of thioether (sulfide) groups is 1. The highest BCUT2D eigenvalue weighted by molar-refractivity contribution is 7.99. The van der Waals surface area contributed by atoms with Crippen LogP contribution in [-0.4, -0.2) is 46.7 Å². The van der Waals surface area contributed by atoms with E-state index in [-0.39, 0.29) is 0 Å². The third kappa shape index (κ3) is 3.53. The molecule has 0 spiro atoms. The summed E-state index contributed by atoms with van der Waals surface area (Å²) < 4.78 is 2.18. The Morgan fingerprint density at radius 2 is 2.10 bits per heavy atom. The van der Waals surface area contributed by atoms with Gasteiger partial charge in [0.1, 0.15) is 10.7 Å².